The Hall–Kier alpha value is -1.80. The van der Waals surface area contributed by atoms with E-state index in [0.717, 1.165) is 10.7 Å². The number of esters is 1. The third-order valence-corrected chi connectivity index (χ3v) is 4.05. The van der Waals surface area contributed by atoms with Gasteiger partial charge in [0.15, 0.2) is 16.5 Å². The zero-order chi connectivity index (χ0) is 14.8. The van der Waals surface area contributed by atoms with Gasteiger partial charge in [0.1, 0.15) is 6.10 Å². The number of carbonyl (C=O) groups excluding carboxylic acids is 1. The van der Waals surface area contributed by atoms with E-state index in [1.807, 2.05) is 0 Å². The number of nitrogens with one attached hydrogen (secondary N) is 1. The first kappa shape index (κ1) is 14.2. The van der Waals surface area contributed by atoms with Crippen molar-refractivity contribution in [2.24, 2.45) is 5.16 Å². The van der Waals surface area contributed by atoms with E-state index < -0.39 is 5.97 Å². The largest absolute Gasteiger partial charge is 0.464 e. The lowest BCUT2D eigenvalue weighted by Gasteiger charge is -2.05. The predicted octanol–water partition coefficient (Wildman–Crippen LogP) is 2.02. The molecule has 21 heavy (non-hydrogen) atoms. The molecule has 2 aromatic heterocycles. The average Bonchev–Trinajstić information content (AvgIpc) is 3.10. The molecule has 1 aliphatic heterocycles. The maximum atomic E-state index is 11.3. The molecule has 1 aliphatic rings. The number of carbonyl (C=O) groups is 1. The van der Waals surface area contributed by atoms with Gasteiger partial charge in [0, 0.05) is 18.4 Å². The van der Waals surface area contributed by atoms with Crippen molar-refractivity contribution >= 4 is 46.2 Å². The molecule has 9 heteroatoms. The van der Waals surface area contributed by atoms with Crippen LogP contribution in [-0.2, 0) is 14.4 Å². The average molecular weight is 327 g/mol. The summed E-state index contributed by atoms with van der Waals surface area (Å²) in [6, 6.07) is 1.77. The number of hydrogen-bond donors (Lipinski definition) is 1. The molecular formula is C12H11ClN4O3S. The van der Waals surface area contributed by atoms with Crippen LogP contribution in [0.5, 0.6) is 0 Å². The summed E-state index contributed by atoms with van der Waals surface area (Å²) in [6.07, 6.45) is 1.81. The Bertz CT molecular complexity index is 718. The van der Waals surface area contributed by atoms with Gasteiger partial charge in [-0.3, -0.25) is 0 Å². The first-order chi connectivity index (χ1) is 10.2. The molecular weight excluding hydrogens is 316 g/mol. The number of hydrogen-bond acceptors (Lipinski definition) is 7. The summed E-state index contributed by atoms with van der Waals surface area (Å²) < 4.78 is 4.60. The fourth-order valence-corrected chi connectivity index (χ4v) is 2.86. The Morgan fingerprint density at radius 1 is 1.67 bits per heavy atom. The third kappa shape index (κ3) is 3.11. The van der Waals surface area contributed by atoms with Crippen molar-refractivity contribution in [1.29, 1.82) is 0 Å². The van der Waals surface area contributed by atoms with Crippen molar-refractivity contribution in [2.45, 2.75) is 17.7 Å². The Morgan fingerprint density at radius 3 is 3.33 bits per heavy atom. The molecule has 0 aromatic carbocycles. The number of thioether (sulfide) groups is 1. The molecule has 0 saturated carbocycles. The minimum Gasteiger partial charge on any atom is -0.464 e. The fraction of sp³-hybridized carbons (Fsp3) is 0.333. The number of imidazole rings is 1. The maximum Gasteiger partial charge on any atom is 0.355 e. The van der Waals surface area contributed by atoms with Gasteiger partial charge in [-0.25, -0.2) is 14.8 Å². The van der Waals surface area contributed by atoms with Crippen molar-refractivity contribution in [3.8, 4) is 0 Å². The number of rotatable bonds is 4. The molecule has 1 unspecified atom stereocenters. The molecule has 0 saturated heterocycles. The van der Waals surface area contributed by atoms with Crippen LogP contribution in [0.4, 0.5) is 0 Å². The Labute approximate surface area is 129 Å². The summed E-state index contributed by atoms with van der Waals surface area (Å²) >= 11 is 7.34. The van der Waals surface area contributed by atoms with Gasteiger partial charge in [0.25, 0.3) is 0 Å². The summed E-state index contributed by atoms with van der Waals surface area (Å²) in [5, 5.41) is 4.99. The van der Waals surface area contributed by atoms with Gasteiger partial charge >= 0.3 is 5.97 Å². The molecule has 1 N–H and O–H groups in total. The normalized spacial score (nSPS) is 17.6. The molecule has 110 valence electrons. The fourth-order valence-electron chi connectivity index (χ4n) is 1.85. The van der Waals surface area contributed by atoms with Crippen LogP contribution in [-0.4, -0.2) is 45.6 Å². The summed E-state index contributed by atoms with van der Waals surface area (Å²) in [6.45, 7) is 0. The molecule has 3 rings (SSSR count). The highest BCUT2D eigenvalue weighted by Gasteiger charge is 2.27. The van der Waals surface area contributed by atoms with E-state index in [2.05, 4.69) is 24.8 Å². The van der Waals surface area contributed by atoms with Crippen molar-refractivity contribution < 1.29 is 14.4 Å². The SMILES string of the molecule is COC(=O)C1=NOC(CSc2nc3ncc(Cl)cc3[nH]2)C1. The van der Waals surface area contributed by atoms with Gasteiger partial charge < -0.3 is 14.6 Å². The highest BCUT2D eigenvalue weighted by atomic mass is 35.5. The van der Waals surface area contributed by atoms with Crippen LogP contribution in [0.15, 0.2) is 22.6 Å². The van der Waals surface area contributed by atoms with E-state index in [-0.39, 0.29) is 6.10 Å². The van der Waals surface area contributed by atoms with Crippen molar-refractivity contribution in [3.63, 3.8) is 0 Å². The number of aromatic amines is 1. The lowest BCUT2D eigenvalue weighted by atomic mass is 10.2. The van der Waals surface area contributed by atoms with Gasteiger partial charge in [-0.1, -0.05) is 28.5 Å². The number of methoxy groups -OCH3 is 1. The maximum absolute atomic E-state index is 11.3. The van der Waals surface area contributed by atoms with Crippen LogP contribution in [0, 0.1) is 0 Å². The van der Waals surface area contributed by atoms with Gasteiger partial charge in [0.2, 0.25) is 0 Å². The van der Waals surface area contributed by atoms with Gasteiger partial charge in [-0.15, -0.1) is 0 Å². The van der Waals surface area contributed by atoms with E-state index in [4.69, 9.17) is 16.4 Å². The van der Waals surface area contributed by atoms with Crippen LogP contribution >= 0.6 is 23.4 Å². The molecule has 1 atom stereocenters. The van der Waals surface area contributed by atoms with Crippen LogP contribution in [0.25, 0.3) is 11.2 Å². The van der Waals surface area contributed by atoms with E-state index in [1.54, 1.807) is 12.3 Å². The van der Waals surface area contributed by atoms with Gasteiger partial charge in [-0.2, -0.15) is 0 Å². The summed E-state index contributed by atoms with van der Waals surface area (Å²) in [5.41, 5.74) is 1.70. The zero-order valence-electron chi connectivity index (χ0n) is 11.0. The minimum atomic E-state index is -0.454. The number of nitrogens with zero attached hydrogens (tertiary/aromatic N) is 3. The van der Waals surface area contributed by atoms with Crippen molar-refractivity contribution in [2.75, 3.05) is 12.9 Å². The van der Waals surface area contributed by atoms with Crippen LogP contribution in [0.3, 0.4) is 0 Å². The summed E-state index contributed by atoms with van der Waals surface area (Å²) in [5.74, 6) is 0.155. The monoisotopic (exact) mass is 326 g/mol. The smallest absolute Gasteiger partial charge is 0.355 e. The number of halogens is 1. The quantitative estimate of drug-likeness (QED) is 0.683. The molecule has 0 fully saturated rings. The van der Waals surface area contributed by atoms with E-state index in [0.29, 0.717) is 28.6 Å². The lowest BCUT2D eigenvalue weighted by molar-refractivity contribution is -0.132. The second-order valence-corrected chi connectivity index (χ2v) is 5.78. The van der Waals surface area contributed by atoms with E-state index in [1.165, 1.54) is 18.9 Å². The second-order valence-electron chi connectivity index (χ2n) is 4.34. The second kappa shape index (κ2) is 5.90. The molecule has 7 nitrogen and oxygen atoms in total. The van der Waals surface area contributed by atoms with E-state index in [9.17, 15) is 4.79 Å². The number of aromatic nitrogens is 3. The highest BCUT2D eigenvalue weighted by Crippen LogP contribution is 2.24. The van der Waals surface area contributed by atoms with Crippen LogP contribution < -0.4 is 0 Å². The Kier molecular flexibility index (Phi) is 3.98. The number of pyridine rings is 1. The van der Waals surface area contributed by atoms with Crippen molar-refractivity contribution in [3.05, 3.63) is 17.3 Å². The molecule has 2 aromatic rings. The number of H-pyrrole nitrogens is 1. The Morgan fingerprint density at radius 2 is 2.52 bits per heavy atom. The predicted molar refractivity (Wildman–Crippen MR) is 78.6 cm³/mol. The Balaban J connectivity index is 1.59. The summed E-state index contributed by atoms with van der Waals surface area (Å²) in [7, 11) is 1.32. The minimum absolute atomic E-state index is 0.172. The van der Waals surface area contributed by atoms with Gasteiger partial charge in [0.05, 0.1) is 17.6 Å². The molecule has 0 spiro atoms. The van der Waals surface area contributed by atoms with Crippen LogP contribution in [0.1, 0.15) is 6.42 Å². The first-order valence-corrected chi connectivity index (χ1v) is 7.47. The lowest BCUT2D eigenvalue weighted by Crippen LogP contribution is -2.17. The number of oxime groups is 1. The summed E-state index contributed by atoms with van der Waals surface area (Å²) in [4.78, 5) is 28.1. The molecule has 0 aliphatic carbocycles. The van der Waals surface area contributed by atoms with Crippen LogP contribution in [0.2, 0.25) is 5.02 Å². The molecule has 0 bridgehead atoms. The third-order valence-electron chi connectivity index (χ3n) is 2.84. The number of fused-ring (bicyclic) bond motifs is 1. The highest BCUT2D eigenvalue weighted by molar-refractivity contribution is 7.99. The van der Waals surface area contributed by atoms with Gasteiger partial charge in [-0.05, 0) is 6.07 Å². The standard InChI is InChI=1S/C12H11ClN4O3S/c1-19-11(18)9-3-7(20-17-9)5-21-12-15-8-2-6(13)4-14-10(8)16-12/h2,4,7H,3,5H2,1H3,(H,14,15,16). The first-order valence-electron chi connectivity index (χ1n) is 6.11. The topological polar surface area (TPSA) is 89.5 Å². The van der Waals surface area contributed by atoms with E-state index >= 15 is 0 Å². The molecule has 3 heterocycles. The zero-order valence-corrected chi connectivity index (χ0v) is 12.6. The molecule has 0 amide bonds. The molecule has 0 radical (unpaired) electrons. The van der Waals surface area contributed by atoms with Crippen molar-refractivity contribution in [1.82, 2.24) is 15.0 Å². The number of ether oxygens (including phenoxy) is 1.